The summed E-state index contributed by atoms with van der Waals surface area (Å²) in [6, 6.07) is 6.26. The first kappa shape index (κ1) is 17.7. The number of aliphatic hydroxyl groups excluding tert-OH is 1. The number of nitrogens with one attached hydrogen (secondary N) is 1. The molecule has 7 heteroatoms. The number of allylic oxidation sites excluding steroid dienone is 2. The van der Waals surface area contributed by atoms with E-state index in [-0.39, 0.29) is 17.9 Å². The molecule has 0 bridgehead atoms. The Bertz CT molecular complexity index is 937. The maximum atomic E-state index is 14.2. The summed E-state index contributed by atoms with van der Waals surface area (Å²) in [7, 11) is 1.66. The predicted molar refractivity (Wildman–Crippen MR) is 107 cm³/mol. The highest BCUT2D eigenvalue weighted by Crippen LogP contribution is 2.37. The van der Waals surface area contributed by atoms with Crippen LogP contribution >= 0.6 is 22.6 Å². The molecule has 0 saturated carbocycles. The van der Waals surface area contributed by atoms with E-state index in [9.17, 15) is 14.3 Å². The molecular weight excluding hydrogens is 436 g/mol. The Kier molecular flexibility index (Phi) is 4.96. The van der Waals surface area contributed by atoms with Gasteiger partial charge in [-0.15, -0.1) is 0 Å². The van der Waals surface area contributed by atoms with Gasteiger partial charge in [0, 0.05) is 35.0 Å². The smallest absolute Gasteiger partial charge is 0.253 e. The Morgan fingerprint density at radius 3 is 2.76 bits per heavy atom. The summed E-state index contributed by atoms with van der Waals surface area (Å²) in [5.74, 6) is 0.216. The number of pyridine rings is 1. The van der Waals surface area contributed by atoms with Crippen LogP contribution in [0.5, 0.6) is 0 Å². The second-order valence-electron chi connectivity index (χ2n) is 5.66. The fourth-order valence-corrected chi connectivity index (χ4v) is 3.25. The fraction of sp³-hybridized carbons (Fsp3) is 0.167. The fourth-order valence-electron chi connectivity index (χ4n) is 2.79. The second kappa shape index (κ2) is 7.01. The van der Waals surface area contributed by atoms with Crippen molar-refractivity contribution in [3.8, 4) is 0 Å². The minimum Gasteiger partial charge on any atom is -0.395 e. The molecule has 0 fully saturated rings. The molecule has 1 aliphatic rings. The van der Waals surface area contributed by atoms with Gasteiger partial charge in [0.05, 0.1) is 18.0 Å². The first-order valence-electron chi connectivity index (χ1n) is 7.63. The van der Waals surface area contributed by atoms with Crippen LogP contribution in [-0.4, -0.2) is 22.8 Å². The lowest BCUT2D eigenvalue weighted by Gasteiger charge is -2.30. The van der Waals surface area contributed by atoms with Gasteiger partial charge in [-0.2, -0.15) is 0 Å². The Morgan fingerprint density at radius 1 is 1.32 bits per heavy atom. The van der Waals surface area contributed by atoms with Crippen molar-refractivity contribution in [1.82, 2.24) is 4.57 Å². The topological polar surface area (TPSA) is 57.5 Å². The zero-order chi connectivity index (χ0) is 18.1. The molecule has 2 N–H and O–H groups in total. The molecule has 0 aliphatic carbocycles. The van der Waals surface area contributed by atoms with Gasteiger partial charge in [-0.3, -0.25) is 9.36 Å². The summed E-state index contributed by atoms with van der Waals surface area (Å²) < 4.78 is 16.5. The molecule has 1 aromatic heterocycles. The van der Waals surface area contributed by atoms with Crippen LogP contribution in [0.15, 0.2) is 47.9 Å². The lowest BCUT2D eigenvalue weighted by atomic mass is 10.0. The first-order valence-corrected chi connectivity index (χ1v) is 8.71. The van der Waals surface area contributed by atoms with Gasteiger partial charge in [0.15, 0.2) is 0 Å². The third-order valence-electron chi connectivity index (χ3n) is 4.00. The molecule has 5 nitrogen and oxygen atoms in total. The third-order valence-corrected chi connectivity index (χ3v) is 4.67. The van der Waals surface area contributed by atoms with Crippen LogP contribution in [-0.2, 0) is 7.05 Å². The van der Waals surface area contributed by atoms with Crippen LogP contribution in [0.2, 0.25) is 0 Å². The number of hydrogen-bond acceptors (Lipinski definition) is 4. The molecule has 25 heavy (non-hydrogen) atoms. The number of benzene rings is 1. The molecule has 0 atom stereocenters. The van der Waals surface area contributed by atoms with Gasteiger partial charge in [0.25, 0.3) is 5.56 Å². The van der Waals surface area contributed by atoms with E-state index in [0.717, 1.165) is 3.57 Å². The van der Waals surface area contributed by atoms with E-state index < -0.39 is 5.82 Å². The van der Waals surface area contributed by atoms with Crippen molar-refractivity contribution in [2.75, 3.05) is 23.4 Å². The van der Waals surface area contributed by atoms with Gasteiger partial charge < -0.3 is 15.3 Å². The minimum atomic E-state index is -0.398. The van der Waals surface area contributed by atoms with Crippen molar-refractivity contribution < 1.29 is 9.50 Å². The van der Waals surface area contributed by atoms with Crippen molar-refractivity contribution in [1.29, 1.82) is 0 Å². The summed E-state index contributed by atoms with van der Waals surface area (Å²) in [4.78, 5) is 14.2. The number of aliphatic hydroxyl groups is 1. The van der Waals surface area contributed by atoms with Crippen LogP contribution in [0.3, 0.4) is 0 Å². The molecule has 3 rings (SSSR count). The zero-order valence-corrected chi connectivity index (χ0v) is 15.7. The highest BCUT2D eigenvalue weighted by molar-refractivity contribution is 14.1. The van der Waals surface area contributed by atoms with Crippen molar-refractivity contribution in [3.05, 3.63) is 68.4 Å². The number of nitrogens with zero attached hydrogens (tertiary/aromatic N) is 2. The number of aromatic nitrogens is 1. The molecule has 0 spiro atoms. The van der Waals surface area contributed by atoms with Gasteiger partial charge in [-0.1, -0.05) is 6.58 Å². The monoisotopic (exact) mass is 453 g/mol. The van der Waals surface area contributed by atoms with E-state index in [1.807, 2.05) is 22.6 Å². The molecule has 1 aromatic carbocycles. The molecule has 0 saturated heterocycles. The maximum Gasteiger partial charge on any atom is 0.253 e. The summed E-state index contributed by atoms with van der Waals surface area (Å²) in [5, 5.41) is 12.3. The van der Waals surface area contributed by atoms with E-state index in [2.05, 4.69) is 11.9 Å². The zero-order valence-electron chi connectivity index (χ0n) is 13.6. The number of rotatable bonds is 4. The van der Waals surface area contributed by atoms with Crippen molar-refractivity contribution in [2.24, 2.45) is 7.05 Å². The highest BCUT2D eigenvalue weighted by atomic mass is 127. The molecule has 2 aromatic rings. The number of anilines is 3. The molecule has 0 radical (unpaired) electrons. The van der Waals surface area contributed by atoms with Gasteiger partial charge in [-0.05, 0) is 52.4 Å². The van der Waals surface area contributed by atoms with Gasteiger partial charge in [-0.25, -0.2) is 4.39 Å². The molecular formula is C18H17FIN3O2. The van der Waals surface area contributed by atoms with Crippen molar-refractivity contribution in [3.63, 3.8) is 0 Å². The van der Waals surface area contributed by atoms with Gasteiger partial charge in [0.2, 0.25) is 0 Å². The lowest BCUT2D eigenvalue weighted by Crippen LogP contribution is -2.31. The Morgan fingerprint density at radius 2 is 2.08 bits per heavy atom. The number of hydrogen-bond donors (Lipinski definition) is 2. The van der Waals surface area contributed by atoms with Crippen molar-refractivity contribution >= 4 is 45.4 Å². The van der Waals surface area contributed by atoms with Crippen LogP contribution in [0.25, 0.3) is 5.57 Å². The predicted octanol–water partition coefficient (Wildman–Crippen LogP) is 3.21. The molecule has 0 amide bonds. The summed E-state index contributed by atoms with van der Waals surface area (Å²) in [6.07, 6.45) is 3.58. The van der Waals surface area contributed by atoms with Crippen LogP contribution in [0, 0.1) is 9.39 Å². The lowest BCUT2D eigenvalue weighted by molar-refractivity contribution is 0.304. The van der Waals surface area contributed by atoms with Crippen LogP contribution in [0.4, 0.5) is 21.6 Å². The van der Waals surface area contributed by atoms with Gasteiger partial charge in [0.1, 0.15) is 11.6 Å². The molecule has 2 heterocycles. The number of halogens is 2. The van der Waals surface area contributed by atoms with E-state index in [0.29, 0.717) is 29.2 Å². The molecule has 1 aliphatic heterocycles. The molecule has 0 unspecified atom stereocenters. The summed E-state index contributed by atoms with van der Waals surface area (Å²) in [6.45, 7) is 4.31. The SMILES string of the molecule is C=C1C=CN(CCO)c2c1c(Nc1ccc(I)cc1F)cc(=O)n2C. The second-order valence-corrected chi connectivity index (χ2v) is 6.91. The standard InChI is InChI=1S/C18H17FIN3O2/c1-11-5-6-23(7-8-24)18-17(11)15(10-16(25)22(18)2)21-14-4-3-12(20)9-13(14)19/h3-6,9-10,21,24H,1,7-8H2,2H3. The quantitative estimate of drug-likeness (QED) is 0.699. The summed E-state index contributed by atoms with van der Waals surface area (Å²) in [5.41, 5.74) is 1.94. The number of β-amino-alcohol motifs (C(OH)–C–C–N with tert-alkyl or cyclic N) is 1. The van der Waals surface area contributed by atoms with E-state index in [1.54, 1.807) is 36.4 Å². The van der Waals surface area contributed by atoms with E-state index in [1.165, 1.54) is 16.7 Å². The first-order chi connectivity index (χ1) is 11.9. The Balaban J connectivity index is 2.16. The third kappa shape index (κ3) is 3.34. The number of fused-ring (bicyclic) bond motifs is 1. The molecule has 130 valence electrons. The average molecular weight is 453 g/mol. The maximum absolute atomic E-state index is 14.2. The van der Waals surface area contributed by atoms with E-state index >= 15 is 0 Å². The largest absolute Gasteiger partial charge is 0.395 e. The Labute approximate surface area is 158 Å². The highest BCUT2D eigenvalue weighted by Gasteiger charge is 2.23. The van der Waals surface area contributed by atoms with E-state index in [4.69, 9.17) is 0 Å². The minimum absolute atomic E-state index is 0.0617. The normalized spacial score (nSPS) is 13.1. The van der Waals surface area contributed by atoms with Gasteiger partial charge >= 0.3 is 0 Å². The summed E-state index contributed by atoms with van der Waals surface area (Å²) >= 11 is 2.04. The van der Waals surface area contributed by atoms with Crippen LogP contribution in [0.1, 0.15) is 5.56 Å². The average Bonchev–Trinajstić information content (AvgIpc) is 2.56. The Hall–Kier alpha value is -2.13. The van der Waals surface area contributed by atoms with Crippen molar-refractivity contribution in [2.45, 2.75) is 0 Å². The van der Waals surface area contributed by atoms with Crippen LogP contribution < -0.4 is 15.8 Å².